The Balaban J connectivity index is 0.000000924. The zero-order chi connectivity index (χ0) is 16.7. The summed E-state index contributed by atoms with van der Waals surface area (Å²) >= 11 is 6.98. The number of hydrogen-bond acceptors (Lipinski definition) is 1. The summed E-state index contributed by atoms with van der Waals surface area (Å²) in [6.45, 7) is 4.00. The van der Waals surface area contributed by atoms with Crippen molar-refractivity contribution in [2.75, 3.05) is 4.90 Å². The fourth-order valence-electron chi connectivity index (χ4n) is 2.20. The molecule has 0 unspecified atom stereocenters. The number of anilines is 3. The molecule has 3 aromatic carbocycles. The maximum atomic E-state index is 3.49. The van der Waals surface area contributed by atoms with Crippen LogP contribution in [0.5, 0.6) is 0 Å². The molecule has 0 heterocycles. The second kappa shape index (κ2) is 8.90. The Kier molecular flexibility index (Phi) is 6.87. The fourth-order valence-corrected chi connectivity index (χ4v) is 2.73. The van der Waals surface area contributed by atoms with Crippen LogP contribution in [0.4, 0.5) is 17.1 Å². The number of benzene rings is 3. The van der Waals surface area contributed by atoms with Gasteiger partial charge in [0.15, 0.2) is 0 Å². The highest BCUT2D eigenvalue weighted by Crippen LogP contribution is 2.35. The van der Waals surface area contributed by atoms with E-state index in [1.807, 2.05) is 19.9 Å². The van der Waals surface area contributed by atoms with Gasteiger partial charge in [-0.15, -0.1) is 0 Å². The standard InChI is InChI=1S/C18H13Br2N.C2H6/c19-14-6-10-17(11-7-14)21(16-4-2-1-3-5-16)18-12-8-15(20)9-13-18;1-2/h1-13H;1-2H3. The largest absolute Gasteiger partial charge is 0.311 e. The lowest BCUT2D eigenvalue weighted by atomic mass is 10.2. The highest BCUT2D eigenvalue weighted by Gasteiger charge is 2.11. The Morgan fingerprint density at radius 1 is 0.522 bits per heavy atom. The highest BCUT2D eigenvalue weighted by molar-refractivity contribution is 9.10. The molecule has 0 atom stereocenters. The molecule has 0 bridgehead atoms. The Labute approximate surface area is 155 Å². The summed E-state index contributed by atoms with van der Waals surface area (Å²) in [5, 5.41) is 0. The van der Waals surface area contributed by atoms with Crippen molar-refractivity contribution in [2.45, 2.75) is 13.8 Å². The SMILES string of the molecule is Brc1ccc(N(c2ccccc2)c2ccc(Br)cc2)cc1.CC. The van der Waals surface area contributed by atoms with E-state index < -0.39 is 0 Å². The zero-order valence-corrected chi connectivity index (χ0v) is 16.4. The van der Waals surface area contributed by atoms with E-state index in [4.69, 9.17) is 0 Å². The first kappa shape index (κ1) is 17.8. The highest BCUT2D eigenvalue weighted by atomic mass is 79.9. The predicted octanol–water partition coefficient (Wildman–Crippen LogP) is 7.71. The van der Waals surface area contributed by atoms with Gasteiger partial charge in [0.05, 0.1) is 0 Å². The number of hydrogen-bond donors (Lipinski definition) is 0. The van der Waals surface area contributed by atoms with Gasteiger partial charge in [-0.1, -0.05) is 63.9 Å². The predicted molar refractivity (Wildman–Crippen MR) is 108 cm³/mol. The summed E-state index contributed by atoms with van der Waals surface area (Å²) < 4.78 is 2.16. The van der Waals surface area contributed by atoms with Gasteiger partial charge >= 0.3 is 0 Å². The van der Waals surface area contributed by atoms with Crippen molar-refractivity contribution < 1.29 is 0 Å². The second-order valence-electron chi connectivity index (χ2n) is 4.62. The second-order valence-corrected chi connectivity index (χ2v) is 6.46. The lowest BCUT2D eigenvalue weighted by Crippen LogP contribution is -2.09. The summed E-state index contributed by atoms with van der Waals surface area (Å²) in [5.41, 5.74) is 3.40. The van der Waals surface area contributed by atoms with Crippen molar-refractivity contribution in [1.29, 1.82) is 0 Å². The Morgan fingerprint density at radius 3 is 1.26 bits per heavy atom. The third kappa shape index (κ3) is 4.69. The Bertz CT molecular complexity index is 661. The molecule has 0 radical (unpaired) electrons. The summed E-state index contributed by atoms with van der Waals surface area (Å²) in [5.74, 6) is 0. The number of rotatable bonds is 3. The number of para-hydroxylation sites is 1. The van der Waals surface area contributed by atoms with Gasteiger partial charge < -0.3 is 4.90 Å². The van der Waals surface area contributed by atoms with Crippen molar-refractivity contribution in [1.82, 2.24) is 0 Å². The molecule has 3 aromatic rings. The minimum atomic E-state index is 1.08. The zero-order valence-electron chi connectivity index (χ0n) is 13.2. The topological polar surface area (TPSA) is 3.24 Å². The maximum absolute atomic E-state index is 3.49. The van der Waals surface area contributed by atoms with Crippen LogP contribution in [0.2, 0.25) is 0 Å². The lowest BCUT2D eigenvalue weighted by molar-refractivity contribution is 1.28. The van der Waals surface area contributed by atoms with Crippen LogP contribution < -0.4 is 4.90 Å². The molecule has 0 spiro atoms. The lowest BCUT2D eigenvalue weighted by Gasteiger charge is -2.25. The van der Waals surface area contributed by atoms with Gasteiger partial charge in [0.25, 0.3) is 0 Å². The van der Waals surface area contributed by atoms with Gasteiger partial charge in [0.1, 0.15) is 0 Å². The van der Waals surface area contributed by atoms with Crippen molar-refractivity contribution in [3.63, 3.8) is 0 Å². The van der Waals surface area contributed by atoms with Crippen LogP contribution in [0.1, 0.15) is 13.8 Å². The summed E-state index contributed by atoms with van der Waals surface area (Å²) in [6, 6.07) is 27.1. The molecule has 0 aliphatic carbocycles. The molecule has 118 valence electrons. The molecule has 3 heteroatoms. The fraction of sp³-hybridized carbons (Fsp3) is 0.100. The minimum Gasteiger partial charge on any atom is -0.311 e. The number of halogens is 2. The quantitative estimate of drug-likeness (QED) is 0.409. The van der Waals surface area contributed by atoms with Crippen molar-refractivity contribution in [3.8, 4) is 0 Å². The molecule has 3 rings (SSSR count). The first-order valence-electron chi connectivity index (χ1n) is 7.60. The molecular formula is C20H19Br2N. The van der Waals surface area contributed by atoms with Gasteiger partial charge in [-0.05, 0) is 60.7 Å². The third-order valence-corrected chi connectivity index (χ3v) is 4.24. The molecule has 0 fully saturated rings. The van der Waals surface area contributed by atoms with E-state index in [1.165, 1.54) is 0 Å². The first-order chi connectivity index (χ1) is 11.2. The van der Waals surface area contributed by atoms with Crippen LogP contribution in [0.3, 0.4) is 0 Å². The average Bonchev–Trinajstić information content (AvgIpc) is 2.61. The van der Waals surface area contributed by atoms with Crippen LogP contribution in [0.25, 0.3) is 0 Å². The van der Waals surface area contributed by atoms with Gasteiger partial charge in [0, 0.05) is 26.0 Å². The van der Waals surface area contributed by atoms with Crippen LogP contribution in [-0.2, 0) is 0 Å². The molecular weight excluding hydrogens is 414 g/mol. The molecule has 0 saturated heterocycles. The Morgan fingerprint density at radius 2 is 0.870 bits per heavy atom. The van der Waals surface area contributed by atoms with E-state index in [1.54, 1.807) is 0 Å². The summed E-state index contributed by atoms with van der Waals surface area (Å²) in [6.07, 6.45) is 0. The van der Waals surface area contributed by atoms with Crippen LogP contribution >= 0.6 is 31.9 Å². The molecule has 23 heavy (non-hydrogen) atoms. The van der Waals surface area contributed by atoms with Gasteiger partial charge in [-0.3, -0.25) is 0 Å². The van der Waals surface area contributed by atoms with Gasteiger partial charge in [-0.2, -0.15) is 0 Å². The normalized spacial score (nSPS) is 9.74. The smallest absolute Gasteiger partial charge is 0.0462 e. The van der Waals surface area contributed by atoms with Gasteiger partial charge in [0.2, 0.25) is 0 Å². The van der Waals surface area contributed by atoms with Crippen LogP contribution in [0, 0.1) is 0 Å². The molecule has 0 N–H and O–H groups in total. The third-order valence-electron chi connectivity index (χ3n) is 3.18. The summed E-state index contributed by atoms with van der Waals surface area (Å²) in [7, 11) is 0. The molecule has 0 saturated carbocycles. The summed E-state index contributed by atoms with van der Waals surface area (Å²) in [4.78, 5) is 2.24. The monoisotopic (exact) mass is 431 g/mol. The number of nitrogens with zero attached hydrogens (tertiary/aromatic N) is 1. The first-order valence-corrected chi connectivity index (χ1v) is 9.19. The average molecular weight is 433 g/mol. The van der Waals surface area contributed by atoms with Crippen molar-refractivity contribution >= 4 is 48.9 Å². The van der Waals surface area contributed by atoms with E-state index in [9.17, 15) is 0 Å². The molecule has 0 aliphatic rings. The van der Waals surface area contributed by atoms with Crippen LogP contribution in [-0.4, -0.2) is 0 Å². The van der Waals surface area contributed by atoms with E-state index in [0.717, 1.165) is 26.0 Å². The van der Waals surface area contributed by atoms with Crippen molar-refractivity contribution in [2.24, 2.45) is 0 Å². The van der Waals surface area contributed by atoms with Gasteiger partial charge in [-0.25, -0.2) is 0 Å². The molecule has 0 aromatic heterocycles. The molecule has 0 aliphatic heterocycles. The molecule has 1 nitrogen and oxygen atoms in total. The van der Waals surface area contributed by atoms with Crippen LogP contribution in [0.15, 0.2) is 87.8 Å². The minimum absolute atomic E-state index is 1.08. The van der Waals surface area contributed by atoms with Crippen molar-refractivity contribution in [3.05, 3.63) is 87.8 Å². The van der Waals surface area contributed by atoms with E-state index in [0.29, 0.717) is 0 Å². The van der Waals surface area contributed by atoms with E-state index in [-0.39, 0.29) is 0 Å². The molecule has 0 amide bonds. The van der Waals surface area contributed by atoms with E-state index >= 15 is 0 Å². The van der Waals surface area contributed by atoms with E-state index in [2.05, 4.69) is 110 Å². The Hall–Kier alpha value is -1.58. The maximum Gasteiger partial charge on any atom is 0.0462 e.